The van der Waals surface area contributed by atoms with E-state index in [1.54, 1.807) is 67.6 Å². The van der Waals surface area contributed by atoms with Crippen molar-refractivity contribution >= 4 is 28.9 Å². The Labute approximate surface area is 168 Å². The predicted octanol–water partition coefficient (Wildman–Crippen LogP) is 4.93. The number of hydrogen-bond donors (Lipinski definition) is 2. The maximum atomic E-state index is 13.7. The first-order chi connectivity index (χ1) is 14.1. The highest BCUT2D eigenvalue weighted by atomic mass is 19.1. The van der Waals surface area contributed by atoms with Gasteiger partial charge in [0.1, 0.15) is 5.82 Å². The molecule has 3 rings (SSSR count). The molecule has 0 spiro atoms. The Bertz CT molecular complexity index is 1000. The van der Waals surface area contributed by atoms with Gasteiger partial charge in [-0.3, -0.25) is 4.79 Å². The molecule has 0 fully saturated rings. The van der Waals surface area contributed by atoms with Gasteiger partial charge >= 0.3 is 5.97 Å². The van der Waals surface area contributed by atoms with Crippen molar-refractivity contribution in [2.75, 3.05) is 17.2 Å². The summed E-state index contributed by atoms with van der Waals surface area (Å²) in [4.78, 5) is 24.2. The van der Waals surface area contributed by atoms with E-state index in [4.69, 9.17) is 4.74 Å². The average Bonchev–Trinajstić information content (AvgIpc) is 2.72. The fourth-order valence-corrected chi connectivity index (χ4v) is 2.79. The minimum Gasteiger partial charge on any atom is -0.462 e. The van der Waals surface area contributed by atoms with Crippen LogP contribution >= 0.6 is 0 Å². The van der Waals surface area contributed by atoms with Gasteiger partial charge in [0.15, 0.2) is 0 Å². The largest absolute Gasteiger partial charge is 0.462 e. The van der Waals surface area contributed by atoms with Crippen LogP contribution in [-0.4, -0.2) is 18.5 Å². The minimum absolute atomic E-state index is 0.0421. The zero-order valence-corrected chi connectivity index (χ0v) is 15.9. The van der Waals surface area contributed by atoms with Gasteiger partial charge in [-0.1, -0.05) is 30.3 Å². The SMILES string of the molecule is CCOC(=O)c1ccccc1Nc1ccc(NC(=O)Cc2ccccc2F)cc1. The second-order valence-corrected chi connectivity index (χ2v) is 6.28. The van der Waals surface area contributed by atoms with Crippen LogP contribution in [0.15, 0.2) is 72.8 Å². The van der Waals surface area contributed by atoms with Crippen molar-refractivity contribution in [1.82, 2.24) is 0 Å². The van der Waals surface area contributed by atoms with Crippen molar-refractivity contribution in [3.8, 4) is 0 Å². The van der Waals surface area contributed by atoms with Crippen molar-refractivity contribution in [3.05, 3.63) is 89.7 Å². The highest BCUT2D eigenvalue weighted by Gasteiger charge is 2.12. The lowest BCUT2D eigenvalue weighted by atomic mass is 10.1. The van der Waals surface area contributed by atoms with Gasteiger partial charge in [-0.15, -0.1) is 0 Å². The first-order valence-electron chi connectivity index (χ1n) is 9.23. The van der Waals surface area contributed by atoms with E-state index in [0.717, 1.165) is 5.69 Å². The topological polar surface area (TPSA) is 67.4 Å². The van der Waals surface area contributed by atoms with Crippen molar-refractivity contribution < 1.29 is 18.7 Å². The molecule has 148 valence electrons. The first-order valence-corrected chi connectivity index (χ1v) is 9.23. The van der Waals surface area contributed by atoms with Crippen molar-refractivity contribution in [3.63, 3.8) is 0 Å². The number of hydrogen-bond acceptors (Lipinski definition) is 4. The Kier molecular flexibility index (Phi) is 6.58. The number of carbonyl (C=O) groups is 2. The molecular weight excluding hydrogens is 371 g/mol. The second-order valence-electron chi connectivity index (χ2n) is 6.28. The Morgan fingerprint density at radius 3 is 2.28 bits per heavy atom. The second kappa shape index (κ2) is 9.50. The molecule has 0 aliphatic carbocycles. The minimum atomic E-state index is -0.400. The Morgan fingerprint density at radius 1 is 0.897 bits per heavy atom. The van der Waals surface area contributed by atoms with Crippen LogP contribution in [0, 0.1) is 5.82 Å². The summed E-state index contributed by atoms with van der Waals surface area (Å²) in [6.07, 6.45) is -0.0421. The molecular formula is C23H21FN2O3. The Balaban J connectivity index is 1.64. The number of esters is 1. The molecule has 3 aromatic rings. The van der Waals surface area contributed by atoms with Gasteiger partial charge in [-0.25, -0.2) is 9.18 Å². The van der Waals surface area contributed by atoms with E-state index in [2.05, 4.69) is 10.6 Å². The number of anilines is 3. The van der Waals surface area contributed by atoms with E-state index >= 15 is 0 Å². The molecule has 2 N–H and O–H groups in total. The number of ether oxygens (including phenoxy) is 1. The van der Waals surface area contributed by atoms with Crippen LogP contribution in [0.25, 0.3) is 0 Å². The molecule has 0 heterocycles. The normalized spacial score (nSPS) is 10.3. The standard InChI is InChI=1S/C23H21FN2O3/c1-2-29-23(28)19-8-4-6-10-21(19)25-17-11-13-18(14-12-17)26-22(27)15-16-7-3-5-9-20(16)24/h3-14,25H,2,15H2,1H3,(H,26,27). The number of carbonyl (C=O) groups excluding carboxylic acids is 2. The number of amides is 1. The lowest BCUT2D eigenvalue weighted by Gasteiger charge is -2.12. The van der Waals surface area contributed by atoms with Crippen molar-refractivity contribution in [1.29, 1.82) is 0 Å². The molecule has 5 nitrogen and oxygen atoms in total. The zero-order valence-electron chi connectivity index (χ0n) is 15.9. The van der Waals surface area contributed by atoms with Crippen LogP contribution in [0.1, 0.15) is 22.8 Å². The van der Waals surface area contributed by atoms with E-state index in [0.29, 0.717) is 29.1 Å². The van der Waals surface area contributed by atoms with Gasteiger partial charge in [-0.2, -0.15) is 0 Å². The molecule has 0 bridgehead atoms. The fourth-order valence-electron chi connectivity index (χ4n) is 2.79. The molecule has 0 aliphatic rings. The summed E-state index contributed by atoms with van der Waals surface area (Å²) in [5.41, 5.74) is 2.75. The van der Waals surface area contributed by atoms with Crippen LogP contribution in [0.5, 0.6) is 0 Å². The number of para-hydroxylation sites is 1. The van der Waals surface area contributed by atoms with Crippen molar-refractivity contribution in [2.45, 2.75) is 13.3 Å². The van der Waals surface area contributed by atoms with Crippen LogP contribution in [0.3, 0.4) is 0 Å². The molecule has 0 aromatic heterocycles. The number of nitrogens with one attached hydrogen (secondary N) is 2. The van der Waals surface area contributed by atoms with Crippen LogP contribution < -0.4 is 10.6 Å². The molecule has 0 aliphatic heterocycles. The quantitative estimate of drug-likeness (QED) is 0.560. The van der Waals surface area contributed by atoms with Crippen LogP contribution in [0.2, 0.25) is 0 Å². The summed E-state index contributed by atoms with van der Waals surface area (Å²) >= 11 is 0. The van der Waals surface area contributed by atoms with Crippen LogP contribution in [0.4, 0.5) is 21.5 Å². The molecule has 0 atom stereocenters. The van der Waals surface area contributed by atoms with Gasteiger partial charge in [0.25, 0.3) is 0 Å². The number of halogens is 1. The van der Waals surface area contributed by atoms with Gasteiger partial charge < -0.3 is 15.4 Å². The lowest BCUT2D eigenvalue weighted by Crippen LogP contribution is -2.15. The van der Waals surface area contributed by atoms with Gasteiger partial charge in [0, 0.05) is 11.4 Å². The lowest BCUT2D eigenvalue weighted by molar-refractivity contribution is -0.115. The fraction of sp³-hybridized carbons (Fsp3) is 0.130. The molecule has 0 unspecified atom stereocenters. The first kappa shape index (κ1) is 20.1. The molecule has 6 heteroatoms. The third-order valence-electron chi connectivity index (χ3n) is 4.18. The summed E-state index contributed by atoms with van der Waals surface area (Å²) < 4.78 is 18.7. The monoisotopic (exact) mass is 392 g/mol. The number of rotatable bonds is 7. The Hall–Kier alpha value is -3.67. The summed E-state index contributed by atoms with van der Waals surface area (Å²) in [7, 11) is 0. The summed E-state index contributed by atoms with van der Waals surface area (Å²) in [6, 6.07) is 20.3. The summed E-state index contributed by atoms with van der Waals surface area (Å²) in [6.45, 7) is 2.06. The van der Waals surface area contributed by atoms with E-state index in [1.807, 2.05) is 6.07 Å². The molecule has 0 saturated carbocycles. The van der Waals surface area contributed by atoms with Crippen LogP contribution in [-0.2, 0) is 16.0 Å². The third-order valence-corrected chi connectivity index (χ3v) is 4.18. The molecule has 3 aromatic carbocycles. The summed E-state index contributed by atoms with van der Waals surface area (Å²) in [5, 5.41) is 5.92. The maximum absolute atomic E-state index is 13.7. The highest BCUT2D eigenvalue weighted by molar-refractivity contribution is 5.96. The number of benzene rings is 3. The molecule has 0 saturated heterocycles. The molecule has 1 amide bonds. The van der Waals surface area contributed by atoms with Gasteiger partial charge in [-0.05, 0) is 55.0 Å². The van der Waals surface area contributed by atoms with Crippen molar-refractivity contribution in [2.24, 2.45) is 0 Å². The highest BCUT2D eigenvalue weighted by Crippen LogP contribution is 2.23. The van der Waals surface area contributed by atoms with Gasteiger partial charge in [0.2, 0.25) is 5.91 Å². The van der Waals surface area contributed by atoms with E-state index in [-0.39, 0.29) is 12.3 Å². The van der Waals surface area contributed by atoms with E-state index in [9.17, 15) is 14.0 Å². The zero-order chi connectivity index (χ0) is 20.6. The maximum Gasteiger partial charge on any atom is 0.340 e. The summed E-state index contributed by atoms with van der Waals surface area (Å²) in [5.74, 6) is -1.10. The Morgan fingerprint density at radius 2 is 1.55 bits per heavy atom. The molecule has 29 heavy (non-hydrogen) atoms. The predicted molar refractivity (Wildman–Crippen MR) is 111 cm³/mol. The van der Waals surface area contributed by atoms with E-state index in [1.165, 1.54) is 6.07 Å². The third kappa shape index (κ3) is 5.42. The smallest absolute Gasteiger partial charge is 0.340 e. The van der Waals surface area contributed by atoms with E-state index < -0.39 is 11.8 Å². The average molecular weight is 392 g/mol. The molecule has 0 radical (unpaired) electrons. The van der Waals surface area contributed by atoms with Gasteiger partial charge in [0.05, 0.1) is 24.3 Å².